The summed E-state index contributed by atoms with van der Waals surface area (Å²) in [7, 11) is 0. The normalized spacial score (nSPS) is 23.5. The second kappa shape index (κ2) is 13.2. The molecule has 2 aliphatic rings. The molecular formula is C35H45ClN2O8. The number of amides is 1. The summed E-state index contributed by atoms with van der Waals surface area (Å²) in [5, 5.41) is 11.1. The smallest absolute Gasteiger partial charge is 0.310 e. The Morgan fingerprint density at radius 3 is 2.46 bits per heavy atom. The van der Waals surface area contributed by atoms with E-state index in [2.05, 4.69) is 11.6 Å². The number of esters is 1. The third-order valence-electron chi connectivity index (χ3n) is 8.70. The van der Waals surface area contributed by atoms with Crippen molar-refractivity contribution in [3.05, 3.63) is 41.9 Å². The summed E-state index contributed by atoms with van der Waals surface area (Å²) in [4.78, 5) is 59.5. The van der Waals surface area contributed by atoms with Crippen molar-refractivity contribution >= 4 is 46.1 Å². The van der Waals surface area contributed by atoms with Gasteiger partial charge in [0, 0.05) is 24.3 Å². The number of carbonyl (C=O) groups excluding carboxylic acids is 3. The Bertz CT molecular complexity index is 1530. The van der Waals surface area contributed by atoms with Crippen molar-refractivity contribution in [3.63, 3.8) is 0 Å². The maximum atomic E-state index is 14.4. The Hall–Kier alpha value is -3.66. The number of rotatable bonds is 12. The minimum atomic E-state index is -1.24. The molecule has 0 spiro atoms. The van der Waals surface area contributed by atoms with Crippen LogP contribution in [0.5, 0.6) is 11.6 Å². The molecule has 0 bridgehead atoms. The van der Waals surface area contributed by atoms with Crippen LogP contribution in [0.1, 0.15) is 74.1 Å². The highest BCUT2D eigenvalue weighted by atomic mass is 35.5. The topological polar surface area (TPSA) is 132 Å². The van der Waals surface area contributed by atoms with E-state index in [1.807, 2.05) is 33.8 Å². The highest BCUT2D eigenvalue weighted by molar-refractivity contribution is 6.35. The van der Waals surface area contributed by atoms with Crippen molar-refractivity contribution in [1.82, 2.24) is 9.88 Å². The Balaban J connectivity index is 1.69. The van der Waals surface area contributed by atoms with E-state index < -0.39 is 46.4 Å². The molecule has 1 aromatic heterocycles. The molecule has 46 heavy (non-hydrogen) atoms. The third-order valence-corrected chi connectivity index (χ3v) is 9.01. The zero-order valence-corrected chi connectivity index (χ0v) is 28.5. The molecule has 2 heterocycles. The number of hydrogen-bond acceptors (Lipinski definition) is 8. The summed E-state index contributed by atoms with van der Waals surface area (Å²) in [6.45, 7) is 16.9. The molecule has 1 aliphatic carbocycles. The fourth-order valence-corrected chi connectivity index (χ4v) is 6.42. The van der Waals surface area contributed by atoms with Crippen molar-refractivity contribution < 1.29 is 38.5 Å². The molecule has 0 radical (unpaired) electrons. The molecule has 1 saturated carbocycles. The second-order valence-electron chi connectivity index (χ2n) is 14.4. The molecular weight excluding hydrogens is 612 g/mol. The molecule has 250 valence electrons. The summed E-state index contributed by atoms with van der Waals surface area (Å²) in [6.07, 6.45) is 0.966. The zero-order chi connectivity index (χ0) is 34.2. The Morgan fingerprint density at radius 1 is 1.20 bits per heavy atom. The van der Waals surface area contributed by atoms with Crippen LogP contribution in [-0.4, -0.2) is 69.5 Å². The molecule has 1 amide bonds. The van der Waals surface area contributed by atoms with Gasteiger partial charge in [-0.05, 0) is 57.6 Å². The molecule has 4 rings (SSSR count). The SMILES string of the molecule is C=C[C@@H]1C[C@]1(CC(=O)[C@@H]1C[C@@H](Oc2cc(OCC)nc3c(Cl)cccc23)CN1C(=O)[C@@H](CC(=O)OC(C)(C)C)C(C)(C)C)C(=O)O. The van der Waals surface area contributed by atoms with Gasteiger partial charge in [0.25, 0.3) is 0 Å². The average Bonchev–Trinajstić information content (AvgIpc) is 3.50. The van der Waals surface area contributed by atoms with E-state index in [0.717, 1.165) is 0 Å². The van der Waals surface area contributed by atoms with Gasteiger partial charge in [0.05, 0.1) is 47.5 Å². The van der Waals surface area contributed by atoms with Gasteiger partial charge in [0.1, 0.15) is 17.5 Å². The van der Waals surface area contributed by atoms with E-state index in [0.29, 0.717) is 40.6 Å². The number of carbonyl (C=O) groups is 4. The predicted octanol–water partition coefficient (Wildman–Crippen LogP) is 6.27. The van der Waals surface area contributed by atoms with Crippen LogP contribution in [0.4, 0.5) is 0 Å². The van der Waals surface area contributed by atoms with Gasteiger partial charge in [-0.15, -0.1) is 6.58 Å². The van der Waals surface area contributed by atoms with Gasteiger partial charge in [-0.25, -0.2) is 4.98 Å². The van der Waals surface area contributed by atoms with E-state index in [1.165, 1.54) is 4.90 Å². The highest BCUT2D eigenvalue weighted by Crippen LogP contribution is 2.56. The summed E-state index contributed by atoms with van der Waals surface area (Å²) in [6, 6.07) is 6.01. The lowest BCUT2D eigenvalue weighted by Gasteiger charge is -2.35. The van der Waals surface area contributed by atoms with Gasteiger partial charge < -0.3 is 24.2 Å². The standard InChI is InChI=1S/C35H45ClN2O8/c1-9-20-17-35(20,32(42)43)18-26(39)25-14-21(45-27-16-28(44-10-2)37-30-22(27)12-11-13-24(30)36)19-38(25)31(41)23(33(3,4)5)15-29(40)46-34(6,7)8/h9,11-13,16,20-21,23,25H,1,10,14-15,17-19H2,2-8H3,(H,42,43)/t20-,21-,23-,25+,35-/m1/s1. The second-order valence-corrected chi connectivity index (χ2v) is 14.8. The van der Waals surface area contributed by atoms with Crippen LogP contribution in [0.2, 0.25) is 5.02 Å². The number of ketones is 1. The van der Waals surface area contributed by atoms with Gasteiger partial charge in [0.2, 0.25) is 11.8 Å². The van der Waals surface area contributed by atoms with Crippen molar-refractivity contribution in [3.8, 4) is 11.6 Å². The molecule has 1 saturated heterocycles. The van der Waals surface area contributed by atoms with Gasteiger partial charge in [-0.3, -0.25) is 19.2 Å². The summed E-state index contributed by atoms with van der Waals surface area (Å²) < 4.78 is 17.7. The number of carboxylic acid groups (broad SMARTS) is 1. The van der Waals surface area contributed by atoms with Crippen molar-refractivity contribution in [2.75, 3.05) is 13.2 Å². The summed E-state index contributed by atoms with van der Waals surface area (Å²) in [5.41, 5.74) is -2.14. The van der Waals surface area contributed by atoms with Crippen LogP contribution >= 0.6 is 11.6 Å². The van der Waals surface area contributed by atoms with E-state index >= 15 is 0 Å². The molecule has 1 N–H and O–H groups in total. The van der Waals surface area contributed by atoms with Crippen LogP contribution in [0, 0.1) is 22.7 Å². The predicted molar refractivity (Wildman–Crippen MR) is 174 cm³/mol. The first-order valence-electron chi connectivity index (χ1n) is 15.7. The summed E-state index contributed by atoms with van der Waals surface area (Å²) in [5.74, 6) is -2.73. The van der Waals surface area contributed by atoms with Crippen LogP contribution in [0.3, 0.4) is 0 Å². The third kappa shape index (κ3) is 7.65. The van der Waals surface area contributed by atoms with E-state index in [9.17, 15) is 24.3 Å². The van der Waals surface area contributed by atoms with Crippen molar-refractivity contribution in [1.29, 1.82) is 0 Å². The fraction of sp³-hybridized carbons (Fsp3) is 0.571. The first-order valence-corrected chi connectivity index (χ1v) is 16.1. The van der Waals surface area contributed by atoms with Gasteiger partial charge >= 0.3 is 11.9 Å². The summed E-state index contributed by atoms with van der Waals surface area (Å²) >= 11 is 6.46. The first-order chi connectivity index (χ1) is 21.4. The average molecular weight is 657 g/mol. The van der Waals surface area contributed by atoms with Gasteiger partial charge in [-0.2, -0.15) is 0 Å². The minimum absolute atomic E-state index is 0.0510. The van der Waals surface area contributed by atoms with E-state index in [-0.39, 0.29) is 43.4 Å². The molecule has 0 unspecified atom stereocenters. The van der Waals surface area contributed by atoms with Crippen molar-refractivity contribution in [2.45, 2.75) is 91.9 Å². The van der Waals surface area contributed by atoms with E-state index in [1.54, 1.807) is 45.0 Å². The number of para-hydroxylation sites is 1. The number of hydrogen-bond donors (Lipinski definition) is 1. The first kappa shape index (κ1) is 35.2. The number of pyridine rings is 1. The number of Topliss-reactive ketones (excluding diaryl/α,β-unsaturated/α-hetero) is 1. The number of likely N-dealkylation sites (tertiary alicyclic amines) is 1. The van der Waals surface area contributed by atoms with Crippen molar-refractivity contribution in [2.24, 2.45) is 22.7 Å². The number of carboxylic acids is 1. The maximum Gasteiger partial charge on any atom is 0.310 e. The van der Waals surface area contributed by atoms with Gasteiger partial charge in [-0.1, -0.05) is 44.5 Å². The molecule has 2 aromatic rings. The van der Waals surface area contributed by atoms with E-state index in [4.69, 9.17) is 25.8 Å². The number of ether oxygens (including phenoxy) is 3. The highest BCUT2D eigenvalue weighted by Gasteiger charge is 2.61. The number of fused-ring (bicyclic) bond motifs is 1. The lowest BCUT2D eigenvalue weighted by Crippen LogP contribution is -2.48. The Kier molecular flexibility index (Phi) is 10.1. The molecule has 2 fully saturated rings. The van der Waals surface area contributed by atoms with Crippen LogP contribution in [0.25, 0.3) is 10.9 Å². The number of allylic oxidation sites excluding steroid dienone is 1. The largest absolute Gasteiger partial charge is 0.488 e. The van der Waals surface area contributed by atoms with Crippen LogP contribution in [-0.2, 0) is 23.9 Å². The Labute approximate surface area is 275 Å². The zero-order valence-electron chi connectivity index (χ0n) is 27.7. The molecule has 1 aromatic carbocycles. The number of nitrogens with zero attached hydrogens (tertiary/aromatic N) is 2. The van der Waals surface area contributed by atoms with Crippen LogP contribution in [0.15, 0.2) is 36.9 Å². The molecule has 5 atom stereocenters. The van der Waals surface area contributed by atoms with Crippen LogP contribution < -0.4 is 9.47 Å². The fourth-order valence-electron chi connectivity index (χ4n) is 6.20. The Morgan fingerprint density at radius 2 is 1.89 bits per heavy atom. The number of benzene rings is 1. The number of aromatic nitrogens is 1. The quantitative estimate of drug-likeness (QED) is 0.207. The maximum absolute atomic E-state index is 14.4. The molecule has 10 nitrogen and oxygen atoms in total. The minimum Gasteiger partial charge on any atom is -0.488 e. The number of halogens is 1. The number of aliphatic carboxylic acids is 1. The lowest BCUT2D eigenvalue weighted by atomic mass is 9.77. The monoisotopic (exact) mass is 656 g/mol. The lowest BCUT2D eigenvalue weighted by molar-refractivity contribution is -0.161. The molecule has 1 aliphatic heterocycles. The molecule has 11 heteroatoms. The van der Waals surface area contributed by atoms with Gasteiger partial charge in [0.15, 0.2) is 5.78 Å².